The highest BCUT2D eigenvalue weighted by Gasteiger charge is 2.35. The number of pyridine rings is 1. The van der Waals surface area contributed by atoms with E-state index in [1.165, 1.54) is 0 Å². The molecule has 1 aliphatic heterocycles. The number of aryl methyl sites for hydroxylation is 2. The molecule has 144 valence electrons. The zero-order valence-corrected chi connectivity index (χ0v) is 16.6. The monoisotopic (exact) mass is 395 g/mol. The van der Waals surface area contributed by atoms with Gasteiger partial charge >= 0.3 is 0 Å². The number of fused-ring (bicyclic) bond motifs is 1. The summed E-state index contributed by atoms with van der Waals surface area (Å²) in [6, 6.07) is 11.1. The second-order valence-corrected chi connectivity index (χ2v) is 7.80. The molecule has 8 heteroatoms. The molecule has 3 heterocycles. The standard InChI is InChI=1S/C20H21N5O2S/c1-13-16-8-15(10-21-18(16)24(2)23-13)20(27)25-12-28-11-17(25)19(26)22-9-14-6-4-3-5-7-14/h3-8,10,17H,9,11-12H2,1-2H3,(H,22,26). The summed E-state index contributed by atoms with van der Waals surface area (Å²) in [5.41, 5.74) is 3.07. The Labute approximate surface area is 167 Å². The first-order valence-electron chi connectivity index (χ1n) is 9.04. The van der Waals surface area contributed by atoms with Gasteiger partial charge in [0.05, 0.1) is 17.1 Å². The number of hydrogen-bond acceptors (Lipinski definition) is 5. The molecule has 2 aromatic heterocycles. The summed E-state index contributed by atoms with van der Waals surface area (Å²) in [7, 11) is 1.83. The normalized spacial score (nSPS) is 16.5. The zero-order chi connectivity index (χ0) is 19.7. The molecule has 0 bridgehead atoms. The third kappa shape index (κ3) is 3.47. The molecule has 0 radical (unpaired) electrons. The van der Waals surface area contributed by atoms with Gasteiger partial charge < -0.3 is 10.2 Å². The number of carbonyl (C=O) groups excluding carboxylic acids is 2. The van der Waals surface area contributed by atoms with E-state index in [0.717, 1.165) is 22.3 Å². The third-order valence-corrected chi connectivity index (χ3v) is 5.88. The Kier molecular flexibility index (Phi) is 5.04. The number of nitrogens with zero attached hydrogens (tertiary/aromatic N) is 4. The summed E-state index contributed by atoms with van der Waals surface area (Å²) < 4.78 is 1.70. The minimum Gasteiger partial charge on any atom is -0.350 e. The van der Waals surface area contributed by atoms with Crippen LogP contribution in [0.15, 0.2) is 42.6 Å². The summed E-state index contributed by atoms with van der Waals surface area (Å²) in [4.78, 5) is 31.8. The van der Waals surface area contributed by atoms with Crippen molar-refractivity contribution >= 4 is 34.6 Å². The number of amides is 2. The van der Waals surface area contributed by atoms with Crippen LogP contribution >= 0.6 is 11.8 Å². The molecule has 1 fully saturated rings. The van der Waals surface area contributed by atoms with Gasteiger partial charge in [-0.3, -0.25) is 14.3 Å². The molecular formula is C20H21N5O2S. The van der Waals surface area contributed by atoms with E-state index >= 15 is 0 Å². The molecule has 0 aliphatic carbocycles. The van der Waals surface area contributed by atoms with E-state index in [1.54, 1.807) is 27.5 Å². The van der Waals surface area contributed by atoms with E-state index in [9.17, 15) is 9.59 Å². The fraction of sp³-hybridized carbons (Fsp3) is 0.300. The van der Waals surface area contributed by atoms with Crippen LogP contribution in [0.3, 0.4) is 0 Å². The number of hydrogen-bond donors (Lipinski definition) is 1. The second-order valence-electron chi connectivity index (χ2n) is 6.80. The van der Waals surface area contributed by atoms with Crippen LogP contribution in [0.4, 0.5) is 0 Å². The van der Waals surface area contributed by atoms with Crippen LogP contribution in [0, 0.1) is 6.92 Å². The van der Waals surface area contributed by atoms with Gasteiger partial charge in [0, 0.05) is 30.9 Å². The van der Waals surface area contributed by atoms with E-state index in [4.69, 9.17) is 0 Å². The molecule has 1 aromatic carbocycles. The quantitative estimate of drug-likeness (QED) is 0.732. The Bertz CT molecular complexity index is 1030. The van der Waals surface area contributed by atoms with Crippen molar-refractivity contribution < 1.29 is 9.59 Å². The lowest BCUT2D eigenvalue weighted by Gasteiger charge is -2.23. The van der Waals surface area contributed by atoms with Gasteiger partial charge in [-0.05, 0) is 18.6 Å². The number of thioether (sulfide) groups is 1. The predicted octanol–water partition coefficient (Wildman–Crippen LogP) is 2.11. The summed E-state index contributed by atoms with van der Waals surface area (Å²) in [5.74, 6) is 0.775. The molecule has 1 unspecified atom stereocenters. The molecule has 0 saturated carbocycles. The second kappa shape index (κ2) is 7.63. The third-order valence-electron chi connectivity index (χ3n) is 4.87. The highest BCUT2D eigenvalue weighted by atomic mass is 32.2. The lowest BCUT2D eigenvalue weighted by molar-refractivity contribution is -0.124. The number of carbonyl (C=O) groups is 2. The number of benzene rings is 1. The van der Waals surface area contributed by atoms with Gasteiger partial charge in [0.25, 0.3) is 5.91 Å². The molecule has 7 nitrogen and oxygen atoms in total. The molecule has 4 rings (SSSR count). The Balaban J connectivity index is 1.50. The Hall–Kier alpha value is -2.87. The molecule has 1 N–H and O–H groups in total. The van der Waals surface area contributed by atoms with Gasteiger partial charge in [0.1, 0.15) is 6.04 Å². The lowest BCUT2D eigenvalue weighted by atomic mass is 10.1. The van der Waals surface area contributed by atoms with Crippen molar-refractivity contribution in [3.8, 4) is 0 Å². The van der Waals surface area contributed by atoms with Crippen molar-refractivity contribution in [2.24, 2.45) is 7.05 Å². The van der Waals surface area contributed by atoms with Gasteiger partial charge in [-0.2, -0.15) is 5.10 Å². The molecule has 1 atom stereocenters. The van der Waals surface area contributed by atoms with Crippen LogP contribution in [0.5, 0.6) is 0 Å². The van der Waals surface area contributed by atoms with Crippen molar-refractivity contribution in [2.75, 3.05) is 11.6 Å². The fourth-order valence-electron chi connectivity index (χ4n) is 3.35. The highest BCUT2D eigenvalue weighted by Crippen LogP contribution is 2.25. The van der Waals surface area contributed by atoms with Crippen molar-refractivity contribution in [3.05, 3.63) is 59.4 Å². The minimum absolute atomic E-state index is 0.131. The predicted molar refractivity (Wildman–Crippen MR) is 109 cm³/mol. The van der Waals surface area contributed by atoms with Crippen molar-refractivity contribution in [1.29, 1.82) is 0 Å². The maximum atomic E-state index is 13.1. The van der Waals surface area contributed by atoms with Crippen LogP contribution in [0.2, 0.25) is 0 Å². The Morgan fingerprint density at radius 1 is 1.29 bits per heavy atom. The number of nitrogens with one attached hydrogen (secondary N) is 1. The molecule has 2 amide bonds. The van der Waals surface area contributed by atoms with E-state index in [-0.39, 0.29) is 11.8 Å². The maximum absolute atomic E-state index is 13.1. The van der Waals surface area contributed by atoms with Crippen molar-refractivity contribution in [2.45, 2.75) is 19.5 Å². The van der Waals surface area contributed by atoms with Crippen LogP contribution < -0.4 is 5.32 Å². The smallest absolute Gasteiger partial charge is 0.256 e. The summed E-state index contributed by atoms with van der Waals surface area (Å²) >= 11 is 1.58. The first-order chi connectivity index (χ1) is 13.5. The van der Waals surface area contributed by atoms with Gasteiger partial charge in [0.15, 0.2) is 5.65 Å². The summed E-state index contributed by atoms with van der Waals surface area (Å²) in [5, 5.41) is 8.14. The fourth-order valence-corrected chi connectivity index (χ4v) is 4.51. The number of rotatable bonds is 4. The van der Waals surface area contributed by atoms with E-state index in [1.807, 2.05) is 50.4 Å². The topological polar surface area (TPSA) is 80.1 Å². The van der Waals surface area contributed by atoms with Gasteiger partial charge in [-0.15, -0.1) is 11.8 Å². The Morgan fingerprint density at radius 3 is 2.86 bits per heavy atom. The van der Waals surface area contributed by atoms with Crippen molar-refractivity contribution in [1.82, 2.24) is 25.0 Å². The maximum Gasteiger partial charge on any atom is 0.256 e. The SMILES string of the molecule is Cc1nn(C)c2ncc(C(=O)N3CSCC3C(=O)NCc3ccccc3)cc12. The Morgan fingerprint density at radius 2 is 2.07 bits per heavy atom. The highest BCUT2D eigenvalue weighted by molar-refractivity contribution is 7.99. The van der Waals surface area contributed by atoms with E-state index in [0.29, 0.717) is 23.7 Å². The van der Waals surface area contributed by atoms with Crippen LogP contribution in [-0.4, -0.2) is 49.2 Å². The average molecular weight is 395 g/mol. The molecule has 28 heavy (non-hydrogen) atoms. The molecule has 0 spiro atoms. The minimum atomic E-state index is -0.480. The first kappa shape index (κ1) is 18.5. The summed E-state index contributed by atoms with van der Waals surface area (Å²) in [6.45, 7) is 2.34. The number of aromatic nitrogens is 3. The molecular weight excluding hydrogens is 374 g/mol. The zero-order valence-electron chi connectivity index (χ0n) is 15.8. The first-order valence-corrected chi connectivity index (χ1v) is 10.2. The van der Waals surface area contributed by atoms with Crippen LogP contribution in [0.1, 0.15) is 21.6 Å². The average Bonchev–Trinajstić information content (AvgIpc) is 3.31. The van der Waals surface area contributed by atoms with Crippen LogP contribution in [-0.2, 0) is 18.4 Å². The van der Waals surface area contributed by atoms with E-state index < -0.39 is 6.04 Å². The van der Waals surface area contributed by atoms with Gasteiger partial charge in [0.2, 0.25) is 5.91 Å². The molecule has 3 aromatic rings. The molecule has 1 aliphatic rings. The largest absolute Gasteiger partial charge is 0.350 e. The lowest BCUT2D eigenvalue weighted by Crippen LogP contribution is -2.47. The summed E-state index contributed by atoms with van der Waals surface area (Å²) in [6.07, 6.45) is 1.56. The van der Waals surface area contributed by atoms with Crippen molar-refractivity contribution in [3.63, 3.8) is 0 Å². The molecule has 1 saturated heterocycles. The van der Waals surface area contributed by atoms with Crippen LogP contribution in [0.25, 0.3) is 11.0 Å². The van der Waals surface area contributed by atoms with Gasteiger partial charge in [-0.25, -0.2) is 4.98 Å². The van der Waals surface area contributed by atoms with Gasteiger partial charge in [-0.1, -0.05) is 30.3 Å². The van der Waals surface area contributed by atoms with E-state index in [2.05, 4.69) is 15.4 Å².